The average molecular weight is 288 g/mol. The van der Waals surface area contributed by atoms with Crippen LogP contribution < -0.4 is 11.1 Å². The number of nitrogens with two attached hydrogens (primary N) is 1. The van der Waals surface area contributed by atoms with Crippen LogP contribution in [0.1, 0.15) is 31.2 Å². The van der Waals surface area contributed by atoms with Crippen LogP contribution in [0.2, 0.25) is 0 Å². The molecule has 0 aromatic heterocycles. The van der Waals surface area contributed by atoms with Crippen molar-refractivity contribution in [1.82, 2.24) is 0 Å². The fraction of sp³-hybridized carbons (Fsp3) is 0.538. The molecule has 1 aromatic carbocycles. The second kappa shape index (κ2) is 4.51. The molecular formula is C13H15F3N2S. The fourth-order valence-electron chi connectivity index (χ4n) is 2.80. The topological polar surface area (TPSA) is 38.0 Å². The minimum Gasteiger partial charge on any atom is -0.397 e. The van der Waals surface area contributed by atoms with Crippen LogP contribution in [-0.2, 0) is 6.18 Å². The number of nitrogen functional groups attached to an aromatic ring is 1. The summed E-state index contributed by atoms with van der Waals surface area (Å²) in [5.74, 6) is 0. The highest BCUT2D eigenvalue weighted by Gasteiger charge is 2.36. The number of anilines is 2. The molecule has 104 valence electrons. The molecule has 1 heterocycles. The average Bonchev–Trinajstić information content (AvgIpc) is 2.35. The summed E-state index contributed by atoms with van der Waals surface area (Å²) in [6, 6.07) is 2.58. The number of fused-ring (bicyclic) bond motifs is 2. The summed E-state index contributed by atoms with van der Waals surface area (Å²) in [5.41, 5.74) is 6.00. The number of benzene rings is 1. The van der Waals surface area contributed by atoms with E-state index < -0.39 is 11.7 Å². The maximum Gasteiger partial charge on any atom is 0.416 e. The summed E-state index contributed by atoms with van der Waals surface area (Å²) in [6.45, 7) is 0. The van der Waals surface area contributed by atoms with E-state index in [1.165, 1.54) is 12.5 Å². The molecule has 1 saturated carbocycles. The lowest BCUT2D eigenvalue weighted by Crippen LogP contribution is -2.37. The van der Waals surface area contributed by atoms with E-state index in [-0.39, 0.29) is 5.69 Å². The number of alkyl halides is 3. The normalized spacial score (nSPS) is 26.3. The van der Waals surface area contributed by atoms with Crippen molar-refractivity contribution in [2.75, 3.05) is 11.1 Å². The Kier molecular flexibility index (Phi) is 3.08. The van der Waals surface area contributed by atoms with E-state index in [1.807, 2.05) is 0 Å². The van der Waals surface area contributed by atoms with E-state index in [0.29, 0.717) is 21.9 Å². The lowest BCUT2D eigenvalue weighted by Gasteiger charge is -2.38. The monoisotopic (exact) mass is 288 g/mol. The van der Waals surface area contributed by atoms with Gasteiger partial charge in [-0.2, -0.15) is 13.2 Å². The number of thioether (sulfide) groups is 1. The molecule has 2 aliphatic rings. The molecule has 6 heteroatoms. The second-order valence-corrected chi connectivity index (χ2v) is 6.41. The number of nitrogens with one attached hydrogen (secondary N) is 1. The Balaban J connectivity index is 1.99. The van der Waals surface area contributed by atoms with Crippen molar-refractivity contribution in [3.05, 3.63) is 17.7 Å². The van der Waals surface area contributed by atoms with E-state index in [9.17, 15) is 13.2 Å². The molecule has 0 radical (unpaired) electrons. The van der Waals surface area contributed by atoms with E-state index >= 15 is 0 Å². The van der Waals surface area contributed by atoms with Gasteiger partial charge in [-0.1, -0.05) is 12.8 Å². The first-order valence-corrected chi connectivity index (χ1v) is 7.27. The van der Waals surface area contributed by atoms with Crippen LogP contribution in [0.5, 0.6) is 0 Å². The Morgan fingerprint density at radius 3 is 2.68 bits per heavy atom. The molecule has 19 heavy (non-hydrogen) atoms. The molecule has 1 aromatic rings. The standard InChI is InChI=1S/C13H15F3N2S/c14-13(15,16)7-5-8(17)12-11(6-7)19-10-4-2-1-3-9(10)18-12/h5-6,9-10,18H,1-4,17H2. The van der Waals surface area contributed by atoms with Gasteiger partial charge in [-0.25, -0.2) is 0 Å². The van der Waals surface area contributed by atoms with Crippen LogP contribution in [0.3, 0.4) is 0 Å². The van der Waals surface area contributed by atoms with Gasteiger partial charge in [0, 0.05) is 16.2 Å². The lowest BCUT2D eigenvalue weighted by atomic mass is 9.94. The third kappa shape index (κ3) is 2.38. The van der Waals surface area contributed by atoms with Gasteiger partial charge >= 0.3 is 6.18 Å². The Morgan fingerprint density at radius 1 is 1.21 bits per heavy atom. The molecule has 2 atom stereocenters. The molecule has 2 unspecified atom stereocenters. The summed E-state index contributed by atoms with van der Waals surface area (Å²) in [5, 5.41) is 3.70. The van der Waals surface area contributed by atoms with Crippen LogP contribution in [-0.4, -0.2) is 11.3 Å². The lowest BCUT2D eigenvalue weighted by molar-refractivity contribution is -0.137. The first-order chi connectivity index (χ1) is 8.95. The second-order valence-electron chi connectivity index (χ2n) is 5.13. The molecule has 0 bridgehead atoms. The largest absolute Gasteiger partial charge is 0.416 e. The van der Waals surface area contributed by atoms with E-state index in [4.69, 9.17) is 5.73 Å². The minimum atomic E-state index is -4.34. The molecule has 2 nitrogen and oxygen atoms in total. The van der Waals surface area contributed by atoms with Gasteiger partial charge in [0.25, 0.3) is 0 Å². The van der Waals surface area contributed by atoms with Crippen LogP contribution in [0.25, 0.3) is 0 Å². The SMILES string of the molecule is Nc1cc(C(F)(F)F)cc2c1NC1CCCCC1S2. The smallest absolute Gasteiger partial charge is 0.397 e. The summed E-state index contributed by atoms with van der Waals surface area (Å²) >= 11 is 1.54. The van der Waals surface area contributed by atoms with Crippen molar-refractivity contribution >= 4 is 23.1 Å². The number of halogens is 3. The first-order valence-electron chi connectivity index (χ1n) is 6.39. The highest BCUT2D eigenvalue weighted by molar-refractivity contribution is 8.00. The van der Waals surface area contributed by atoms with Gasteiger partial charge in [0.1, 0.15) is 0 Å². The highest BCUT2D eigenvalue weighted by Crippen LogP contribution is 2.47. The molecule has 1 aliphatic carbocycles. The highest BCUT2D eigenvalue weighted by atomic mass is 32.2. The van der Waals surface area contributed by atoms with Crippen molar-refractivity contribution in [3.8, 4) is 0 Å². The van der Waals surface area contributed by atoms with Gasteiger partial charge in [0.2, 0.25) is 0 Å². The van der Waals surface area contributed by atoms with Crippen LogP contribution >= 0.6 is 11.8 Å². The minimum absolute atomic E-state index is 0.196. The summed E-state index contributed by atoms with van der Waals surface area (Å²) in [7, 11) is 0. The molecule has 3 N–H and O–H groups in total. The van der Waals surface area contributed by atoms with E-state index in [2.05, 4.69) is 5.32 Å². The van der Waals surface area contributed by atoms with Gasteiger partial charge in [-0.05, 0) is 25.0 Å². The van der Waals surface area contributed by atoms with Gasteiger partial charge in [-0.15, -0.1) is 11.8 Å². The third-order valence-electron chi connectivity index (χ3n) is 3.77. The van der Waals surface area contributed by atoms with Gasteiger partial charge in [-0.3, -0.25) is 0 Å². The van der Waals surface area contributed by atoms with Gasteiger partial charge in [0.05, 0.1) is 16.9 Å². The van der Waals surface area contributed by atoms with Crippen LogP contribution in [0, 0.1) is 0 Å². The van der Waals surface area contributed by atoms with Crippen molar-refractivity contribution < 1.29 is 13.2 Å². The summed E-state index contributed by atoms with van der Waals surface area (Å²) in [6.07, 6.45) is 0.104. The Hall–Kier alpha value is -1.04. The Labute approximate surface area is 113 Å². The zero-order valence-electron chi connectivity index (χ0n) is 10.3. The van der Waals surface area contributed by atoms with Crippen molar-refractivity contribution in [3.63, 3.8) is 0 Å². The van der Waals surface area contributed by atoms with Crippen molar-refractivity contribution in [1.29, 1.82) is 0 Å². The summed E-state index contributed by atoms with van der Waals surface area (Å²) in [4.78, 5) is 0.635. The third-order valence-corrected chi connectivity index (χ3v) is 5.21. The molecule has 0 amide bonds. The number of hydrogen-bond donors (Lipinski definition) is 2. The maximum atomic E-state index is 12.8. The number of hydrogen-bond acceptors (Lipinski definition) is 3. The van der Waals surface area contributed by atoms with Crippen molar-refractivity contribution in [2.24, 2.45) is 0 Å². The van der Waals surface area contributed by atoms with Gasteiger partial charge < -0.3 is 11.1 Å². The Morgan fingerprint density at radius 2 is 1.95 bits per heavy atom. The zero-order chi connectivity index (χ0) is 13.6. The first kappa shape index (κ1) is 13.0. The van der Waals surface area contributed by atoms with E-state index in [1.54, 1.807) is 11.8 Å². The molecule has 1 aliphatic heterocycles. The quantitative estimate of drug-likeness (QED) is 0.705. The fourth-order valence-corrected chi connectivity index (χ4v) is 4.27. The van der Waals surface area contributed by atoms with Crippen LogP contribution in [0.15, 0.2) is 17.0 Å². The molecule has 0 saturated heterocycles. The molecule has 3 rings (SSSR count). The Bertz CT molecular complexity index is 501. The van der Waals surface area contributed by atoms with Crippen molar-refractivity contribution in [2.45, 2.75) is 48.0 Å². The molecule has 0 spiro atoms. The zero-order valence-corrected chi connectivity index (χ0v) is 11.1. The van der Waals surface area contributed by atoms with Crippen LogP contribution in [0.4, 0.5) is 24.5 Å². The predicted octanol–water partition coefficient (Wildman–Crippen LogP) is 4.12. The molecule has 1 fully saturated rings. The van der Waals surface area contributed by atoms with Gasteiger partial charge in [0.15, 0.2) is 0 Å². The summed E-state index contributed by atoms with van der Waals surface area (Å²) < 4.78 is 38.4. The predicted molar refractivity (Wildman–Crippen MR) is 71.4 cm³/mol. The number of rotatable bonds is 0. The maximum absolute atomic E-state index is 12.8. The molecular weight excluding hydrogens is 273 g/mol. The van der Waals surface area contributed by atoms with E-state index in [0.717, 1.165) is 25.3 Å².